The van der Waals surface area contributed by atoms with Crippen LogP contribution in [0.15, 0.2) is 0 Å². The average Bonchev–Trinajstić information content (AvgIpc) is 2.47. The predicted molar refractivity (Wildman–Crippen MR) is 77.5 cm³/mol. The van der Waals surface area contributed by atoms with Gasteiger partial charge in [0.2, 0.25) is 11.8 Å². The van der Waals surface area contributed by atoms with Crippen LogP contribution in [0.25, 0.3) is 0 Å². The van der Waals surface area contributed by atoms with E-state index >= 15 is 0 Å². The topological polar surface area (TPSA) is 79.0 Å². The number of ether oxygens (including phenoxy) is 1. The molecular weight excluding hydrogens is 274 g/mol. The van der Waals surface area contributed by atoms with Crippen molar-refractivity contribution in [3.05, 3.63) is 0 Å². The Hall–Kier alpha value is -1.63. The van der Waals surface area contributed by atoms with E-state index in [1.165, 1.54) is 11.9 Å². The van der Waals surface area contributed by atoms with Crippen LogP contribution in [0.4, 0.5) is 0 Å². The summed E-state index contributed by atoms with van der Waals surface area (Å²) < 4.78 is 5.04. The highest BCUT2D eigenvalue weighted by molar-refractivity contribution is 5.85. The van der Waals surface area contributed by atoms with Crippen LogP contribution in [0.5, 0.6) is 0 Å². The Morgan fingerprint density at radius 1 is 1.38 bits per heavy atom. The normalized spacial score (nSPS) is 18.9. The first-order chi connectivity index (χ1) is 9.97. The predicted octanol–water partition coefficient (Wildman–Crippen LogP) is -0.534. The highest BCUT2D eigenvalue weighted by Crippen LogP contribution is 2.17. The molecule has 0 aliphatic carbocycles. The number of rotatable bonds is 6. The number of nitrogens with one attached hydrogen (secondary N) is 1. The van der Waals surface area contributed by atoms with Crippen LogP contribution in [0.3, 0.4) is 0 Å². The van der Waals surface area contributed by atoms with E-state index in [2.05, 4.69) is 5.32 Å². The standard InChI is InChI=1S/C14H25N3O4/c1-4-21-14(20)11-6-5-7-17(8-11)10-13(19)16(3)9-12(18)15-2/h11H,4-10H2,1-3H3,(H,15,18)/t11-/m0/s1. The summed E-state index contributed by atoms with van der Waals surface area (Å²) in [6, 6.07) is 0. The molecule has 1 aliphatic rings. The van der Waals surface area contributed by atoms with Crippen molar-refractivity contribution >= 4 is 17.8 Å². The van der Waals surface area contributed by atoms with Gasteiger partial charge in [-0.15, -0.1) is 0 Å². The van der Waals surface area contributed by atoms with E-state index in [0.717, 1.165) is 19.4 Å². The number of carbonyl (C=O) groups excluding carboxylic acids is 3. The molecule has 1 atom stereocenters. The maximum atomic E-state index is 12.1. The zero-order valence-corrected chi connectivity index (χ0v) is 13.1. The molecule has 0 aromatic rings. The zero-order valence-electron chi connectivity index (χ0n) is 13.1. The monoisotopic (exact) mass is 299 g/mol. The van der Waals surface area contributed by atoms with Crippen LogP contribution in [0, 0.1) is 5.92 Å². The first-order valence-corrected chi connectivity index (χ1v) is 7.31. The van der Waals surface area contributed by atoms with Gasteiger partial charge in [0.25, 0.3) is 0 Å². The van der Waals surface area contributed by atoms with Gasteiger partial charge in [-0.1, -0.05) is 0 Å². The third-order valence-electron chi connectivity index (χ3n) is 3.57. The van der Waals surface area contributed by atoms with Crippen molar-refractivity contribution in [3.63, 3.8) is 0 Å². The molecule has 1 saturated heterocycles. The molecule has 0 spiro atoms. The first kappa shape index (κ1) is 17.4. The number of likely N-dealkylation sites (N-methyl/N-ethyl adjacent to an activating group) is 2. The highest BCUT2D eigenvalue weighted by Gasteiger charge is 2.28. The van der Waals surface area contributed by atoms with Gasteiger partial charge in [0.15, 0.2) is 0 Å². The number of amides is 2. The second kappa shape index (κ2) is 8.61. The molecule has 21 heavy (non-hydrogen) atoms. The van der Waals surface area contributed by atoms with Gasteiger partial charge in [-0.05, 0) is 26.3 Å². The summed E-state index contributed by atoms with van der Waals surface area (Å²) >= 11 is 0. The summed E-state index contributed by atoms with van der Waals surface area (Å²) in [6.45, 7) is 3.76. The van der Waals surface area contributed by atoms with Gasteiger partial charge in [0.05, 0.1) is 25.6 Å². The van der Waals surface area contributed by atoms with Crippen molar-refractivity contribution in [1.29, 1.82) is 0 Å². The fourth-order valence-corrected chi connectivity index (χ4v) is 2.35. The molecule has 0 saturated carbocycles. The summed E-state index contributed by atoms with van der Waals surface area (Å²) in [5.41, 5.74) is 0. The number of likely N-dealkylation sites (tertiary alicyclic amines) is 1. The second-order valence-corrected chi connectivity index (χ2v) is 5.25. The lowest BCUT2D eigenvalue weighted by molar-refractivity contribution is -0.150. The minimum absolute atomic E-state index is 0.0461. The zero-order chi connectivity index (χ0) is 15.8. The van der Waals surface area contributed by atoms with Gasteiger partial charge in [0.1, 0.15) is 0 Å². The Bertz CT molecular complexity index is 386. The molecule has 7 nitrogen and oxygen atoms in total. The van der Waals surface area contributed by atoms with Crippen molar-refractivity contribution < 1.29 is 19.1 Å². The lowest BCUT2D eigenvalue weighted by Gasteiger charge is -2.31. The van der Waals surface area contributed by atoms with Gasteiger partial charge >= 0.3 is 5.97 Å². The largest absolute Gasteiger partial charge is 0.466 e. The molecule has 0 aromatic heterocycles. The van der Waals surface area contributed by atoms with Crippen LogP contribution >= 0.6 is 0 Å². The Morgan fingerprint density at radius 2 is 2.10 bits per heavy atom. The molecule has 1 N–H and O–H groups in total. The van der Waals surface area contributed by atoms with Crippen molar-refractivity contribution in [2.75, 3.05) is 46.9 Å². The molecule has 1 fully saturated rings. The smallest absolute Gasteiger partial charge is 0.310 e. The lowest BCUT2D eigenvalue weighted by Crippen LogP contribution is -2.46. The minimum Gasteiger partial charge on any atom is -0.466 e. The van der Waals surface area contributed by atoms with Gasteiger partial charge in [-0.25, -0.2) is 0 Å². The van der Waals surface area contributed by atoms with E-state index in [1.54, 1.807) is 14.0 Å². The first-order valence-electron chi connectivity index (χ1n) is 7.31. The Morgan fingerprint density at radius 3 is 2.71 bits per heavy atom. The molecule has 2 amide bonds. The van der Waals surface area contributed by atoms with E-state index in [0.29, 0.717) is 13.2 Å². The minimum atomic E-state index is -0.200. The Balaban J connectivity index is 2.44. The van der Waals surface area contributed by atoms with Crippen molar-refractivity contribution in [3.8, 4) is 0 Å². The quantitative estimate of drug-likeness (QED) is 0.667. The van der Waals surface area contributed by atoms with E-state index in [1.807, 2.05) is 4.90 Å². The summed E-state index contributed by atoms with van der Waals surface area (Å²) in [4.78, 5) is 38.4. The molecule has 7 heteroatoms. The molecule has 1 aliphatic heterocycles. The van der Waals surface area contributed by atoms with Crippen molar-refractivity contribution in [2.45, 2.75) is 19.8 Å². The highest BCUT2D eigenvalue weighted by atomic mass is 16.5. The third-order valence-corrected chi connectivity index (χ3v) is 3.57. The van der Waals surface area contributed by atoms with Crippen LogP contribution in [-0.2, 0) is 19.1 Å². The fourth-order valence-electron chi connectivity index (χ4n) is 2.35. The molecule has 0 bridgehead atoms. The Kier molecular flexibility index (Phi) is 7.14. The van der Waals surface area contributed by atoms with E-state index in [-0.39, 0.29) is 36.8 Å². The summed E-state index contributed by atoms with van der Waals surface area (Å²) in [5.74, 6) is -0.666. The van der Waals surface area contributed by atoms with E-state index in [4.69, 9.17) is 4.74 Å². The fraction of sp³-hybridized carbons (Fsp3) is 0.786. The van der Waals surface area contributed by atoms with Gasteiger partial charge < -0.3 is 15.0 Å². The lowest BCUT2D eigenvalue weighted by atomic mass is 9.98. The maximum absolute atomic E-state index is 12.1. The van der Waals surface area contributed by atoms with Gasteiger partial charge in [-0.3, -0.25) is 19.3 Å². The van der Waals surface area contributed by atoms with Gasteiger partial charge in [-0.2, -0.15) is 0 Å². The molecule has 0 radical (unpaired) electrons. The van der Waals surface area contributed by atoms with Crippen LogP contribution in [0.1, 0.15) is 19.8 Å². The SMILES string of the molecule is CCOC(=O)[C@H]1CCCN(CC(=O)N(C)CC(=O)NC)C1. The molecule has 0 aromatic carbocycles. The number of nitrogens with zero attached hydrogens (tertiary/aromatic N) is 2. The van der Waals surface area contributed by atoms with Crippen molar-refractivity contribution in [2.24, 2.45) is 5.92 Å². The second-order valence-electron chi connectivity index (χ2n) is 5.25. The van der Waals surface area contributed by atoms with Crippen molar-refractivity contribution in [1.82, 2.24) is 15.1 Å². The molecule has 120 valence electrons. The summed E-state index contributed by atoms with van der Waals surface area (Å²) in [6.07, 6.45) is 1.67. The summed E-state index contributed by atoms with van der Waals surface area (Å²) in [7, 11) is 3.14. The van der Waals surface area contributed by atoms with E-state index in [9.17, 15) is 14.4 Å². The van der Waals surface area contributed by atoms with Gasteiger partial charge in [0, 0.05) is 20.6 Å². The number of piperidine rings is 1. The number of hydrogen-bond acceptors (Lipinski definition) is 5. The van der Waals surface area contributed by atoms with Crippen LogP contribution < -0.4 is 5.32 Å². The molecule has 0 unspecified atom stereocenters. The number of hydrogen-bond donors (Lipinski definition) is 1. The maximum Gasteiger partial charge on any atom is 0.310 e. The number of esters is 1. The molecule has 1 rings (SSSR count). The van der Waals surface area contributed by atoms with Crippen LogP contribution in [0.2, 0.25) is 0 Å². The number of carbonyl (C=O) groups is 3. The van der Waals surface area contributed by atoms with E-state index < -0.39 is 0 Å². The summed E-state index contributed by atoms with van der Waals surface area (Å²) in [5, 5.41) is 2.48. The average molecular weight is 299 g/mol. The third kappa shape index (κ3) is 5.71. The van der Waals surface area contributed by atoms with Crippen LogP contribution in [-0.4, -0.2) is 74.5 Å². The molecule has 1 heterocycles. The molecular formula is C14H25N3O4. The Labute approximate surface area is 125 Å².